The van der Waals surface area contributed by atoms with E-state index in [1.807, 2.05) is 18.2 Å². The van der Waals surface area contributed by atoms with E-state index in [0.29, 0.717) is 11.4 Å². The molecule has 0 aliphatic carbocycles. The van der Waals surface area contributed by atoms with Crippen molar-refractivity contribution in [2.75, 3.05) is 18.5 Å². The minimum atomic E-state index is -0.590. The maximum Gasteiger partial charge on any atom is 0.344 e. The zero-order chi connectivity index (χ0) is 16.5. The molecule has 5 heteroatoms. The number of esters is 1. The number of carbonyl (C=O) groups is 2. The molecule has 2 aromatic carbocycles. The Morgan fingerprint density at radius 1 is 0.957 bits per heavy atom. The Bertz CT molecular complexity index is 638. The lowest BCUT2D eigenvalue weighted by Gasteiger charge is -2.08. The van der Waals surface area contributed by atoms with Gasteiger partial charge in [0.25, 0.3) is 5.91 Å². The van der Waals surface area contributed by atoms with E-state index in [2.05, 4.69) is 12.2 Å². The summed E-state index contributed by atoms with van der Waals surface area (Å²) in [6, 6.07) is 16.4. The van der Waals surface area contributed by atoms with E-state index in [4.69, 9.17) is 9.47 Å². The third-order valence-corrected chi connectivity index (χ3v) is 3.11. The maximum absolute atomic E-state index is 11.6. The lowest BCUT2D eigenvalue weighted by atomic mass is 10.2. The normalized spacial score (nSPS) is 9.96. The van der Waals surface area contributed by atoms with Crippen LogP contribution in [-0.2, 0) is 20.7 Å². The Balaban J connectivity index is 1.69. The highest BCUT2D eigenvalue weighted by Crippen LogP contribution is 2.12. The number of hydrogen-bond acceptors (Lipinski definition) is 4. The molecule has 23 heavy (non-hydrogen) atoms. The summed E-state index contributed by atoms with van der Waals surface area (Å²) in [6.07, 6.45) is 0.943. The molecule has 0 aliphatic heterocycles. The highest BCUT2D eigenvalue weighted by Gasteiger charge is 2.08. The van der Waals surface area contributed by atoms with Gasteiger partial charge in [0.05, 0.1) is 0 Å². The van der Waals surface area contributed by atoms with Crippen molar-refractivity contribution in [2.45, 2.75) is 13.3 Å². The molecule has 0 saturated carbocycles. The second kappa shape index (κ2) is 8.58. The third kappa shape index (κ3) is 5.82. The molecule has 0 saturated heterocycles. The first-order valence-corrected chi connectivity index (χ1v) is 7.39. The van der Waals surface area contributed by atoms with Crippen LogP contribution in [0.25, 0.3) is 0 Å². The molecule has 120 valence electrons. The van der Waals surface area contributed by atoms with Gasteiger partial charge in [-0.05, 0) is 36.2 Å². The van der Waals surface area contributed by atoms with Gasteiger partial charge in [0.1, 0.15) is 5.75 Å². The molecule has 0 heterocycles. The largest absolute Gasteiger partial charge is 0.482 e. The van der Waals surface area contributed by atoms with Gasteiger partial charge >= 0.3 is 5.97 Å². The minimum Gasteiger partial charge on any atom is -0.482 e. The van der Waals surface area contributed by atoms with Crippen LogP contribution in [0.5, 0.6) is 5.75 Å². The van der Waals surface area contributed by atoms with Crippen LogP contribution in [0, 0.1) is 0 Å². The van der Waals surface area contributed by atoms with E-state index in [1.165, 1.54) is 5.56 Å². The number of rotatable bonds is 7. The van der Waals surface area contributed by atoms with Crippen molar-refractivity contribution in [3.05, 3.63) is 60.2 Å². The molecule has 1 amide bonds. The quantitative estimate of drug-likeness (QED) is 0.798. The average molecular weight is 313 g/mol. The summed E-state index contributed by atoms with van der Waals surface area (Å²) in [6.45, 7) is 1.49. The summed E-state index contributed by atoms with van der Waals surface area (Å²) >= 11 is 0. The molecule has 5 nitrogen and oxygen atoms in total. The Labute approximate surface area is 135 Å². The standard InChI is InChI=1S/C18H19NO4/c1-2-14-8-10-16(11-9-14)22-13-18(21)23-12-17(20)19-15-6-4-3-5-7-15/h3-11H,2,12-13H2,1H3,(H,19,20). The van der Waals surface area contributed by atoms with Crippen LogP contribution < -0.4 is 10.1 Å². The van der Waals surface area contributed by atoms with Crippen LogP contribution in [0.4, 0.5) is 5.69 Å². The van der Waals surface area contributed by atoms with Gasteiger partial charge in [0.2, 0.25) is 0 Å². The van der Waals surface area contributed by atoms with Crippen molar-refractivity contribution in [2.24, 2.45) is 0 Å². The van der Waals surface area contributed by atoms with Crippen LogP contribution in [-0.4, -0.2) is 25.1 Å². The molecule has 0 aromatic heterocycles. The Hall–Kier alpha value is -2.82. The smallest absolute Gasteiger partial charge is 0.344 e. The lowest BCUT2D eigenvalue weighted by Crippen LogP contribution is -2.23. The van der Waals surface area contributed by atoms with Gasteiger partial charge in [0.15, 0.2) is 13.2 Å². The van der Waals surface area contributed by atoms with Crippen LogP contribution in [0.3, 0.4) is 0 Å². The van der Waals surface area contributed by atoms with Crippen LogP contribution in [0.1, 0.15) is 12.5 Å². The van der Waals surface area contributed by atoms with Gasteiger partial charge in [-0.3, -0.25) is 4.79 Å². The van der Waals surface area contributed by atoms with Crippen molar-refractivity contribution in [3.63, 3.8) is 0 Å². The van der Waals surface area contributed by atoms with Gasteiger partial charge in [0, 0.05) is 5.69 Å². The fourth-order valence-corrected chi connectivity index (χ4v) is 1.87. The van der Waals surface area contributed by atoms with Gasteiger partial charge in [-0.2, -0.15) is 0 Å². The topological polar surface area (TPSA) is 64.6 Å². The number of amides is 1. The fraction of sp³-hybridized carbons (Fsp3) is 0.222. The number of ether oxygens (including phenoxy) is 2. The monoisotopic (exact) mass is 313 g/mol. The highest BCUT2D eigenvalue weighted by molar-refractivity contribution is 5.92. The number of hydrogen-bond donors (Lipinski definition) is 1. The summed E-state index contributed by atoms with van der Waals surface area (Å²) in [7, 11) is 0. The first-order valence-electron chi connectivity index (χ1n) is 7.39. The van der Waals surface area contributed by atoms with E-state index < -0.39 is 11.9 Å². The Morgan fingerprint density at radius 3 is 2.30 bits per heavy atom. The van der Waals surface area contributed by atoms with E-state index in [9.17, 15) is 9.59 Å². The second-order valence-electron chi connectivity index (χ2n) is 4.86. The molecule has 2 aromatic rings. The predicted molar refractivity (Wildman–Crippen MR) is 87.3 cm³/mol. The third-order valence-electron chi connectivity index (χ3n) is 3.11. The van der Waals surface area contributed by atoms with Crippen molar-refractivity contribution >= 4 is 17.6 Å². The molecule has 0 unspecified atom stereocenters. The number of benzene rings is 2. The van der Waals surface area contributed by atoms with E-state index in [1.54, 1.807) is 36.4 Å². The van der Waals surface area contributed by atoms with Crippen molar-refractivity contribution in [3.8, 4) is 5.75 Å². The van der Waals surface area contributed by atoms with Crippen molar-refractivity contribution < 1.29 is 19.1 Å². The summed E-state index contributed by atoms with van der Waals surface area (Å²) in [5.41, 5.74) is 1.85. The highest BCUT2D eigenvalue weighted by atomic mass is 16.6. The molecule has 0 fully saturated rings. The van der Waals surface area contributed by atoms with Gasteiger partial charge in [-0.15, -0.1) is 0 Å². The number of carbonyl (C=O) groups excluding carboxylic acids is 2. The SMILES string of the molecule is CCc1ccc(OCC(=O)OCC(=O)Nc2ccccc2)cc1. The van der Waals surface area contributed by atoms with Crippen LogP contribution in [0.15, 0.2) is 54.6 Å². The lowest BCUT2D eigenvalue weighted by molar-refractivity contribution is -0.149. The Kier molecular flexibility index (Phi) is 6.17. The van der Waals surface area contributed by atoms with E-state index in [-0.39, 0.29) is 13.2 Å². The zero-order valence-corrected chi connectivity index (χ0v) is 13.0. The number of nitrogens with one attached hydrogen (secondary N) is 1. The van der Waals surface area contributed by atoms with Crippen molar-refractivity contribution in [1.82, 2.24) is 0 Å². The molecular weight excluding hydrogens is 294 g/mol. The van der Waals surface area contributed by atoms with Crippen LogP contribution >= 0.6 is 0 Å². The summed E-state index contributed by atoms with van der Waals surface area (Å²) in [5, 5.41) is 2.63. The molecule has 0 aliphatic rings. The molecular formula is C18H19NO4. The Morgan fingerprint density at radius 2 is 1.65 bits per heavy atom. The average Bonchev–Trinajstić information content (AvgIpc) is 2.59. The van der Waals surface area contributed by atoms with Gasteiger partial charge in [-0.25, -0.2) is 4.79 Å². The summed E-state index contributed by atoms with van der Waals surface area (Å²) in [4.78, 5) is 23.2. The number of para-hydroxylation sites is 1. The fourth-order valence-electron chi connectivity index (χ4n) is 1.87. The van der Waals surface area contributed by atoms with Crippen LogP contribution in [0.2, 0.25) is 0 Å². The molecule has 1 N–H and O–H groups in total. The van der Waals surface area contributed by atoms with Crippen molar-refractivity contribution in [1.29, 1.82) is 0 Å². The molecule has 0 bridgehead atoms. The first kappa shape index (κ1) is 16.5. The van der Waals surface area contributed by atoms with E-state index >= 15 is 0 Å². The van der Waals surface area contributed by atoms with E-state index in [0.717, 1.165) is 6.42 Å². The summed E-state index contributed by atoms with van der Waals surface area (Å²) < 4.78 is 10.2. The number of aryl methyl sites for hydroxylation is 1. The van der Waals surface area contributed by atoms with Gasteiger partial charge < -0.3 is 14.8 Å². The molecule has 0 spiro atoms. The van der Waals surface area contributed by atoms with Gasteiger partial charge in [-0.1, -0.05) is 37.3 Å². The summed E-state index contributed by atoms with van der Waals surface area (Å²) in [5.74, 6) is -0.391. The predicted octanol–water partition coefficient (Wildman–Crippen LogP) is 2.81. The first-order chi connectivity index (χ1) is 11.2. The maximum atomic E-state index is 11.6. The number of anilines is 1. The second-order valence-corrected chi connectivity index (χ2v) is 4.86. The molecule has 0 atom stereocenters. The molecule has 0 radical (unpaired) electrons. The molecule has 2 rings (SSSR count). The minimum absolute atomic E-state index is 0.232. The zero-order valence-electron chi connectivity index (χ0n) is 13.0.